The number of hydrogen-bond donors (Lipinski definition) is 2. The standard InChI is InChI=1S/C13H9N3O4/c17-9(18)5-16-6-14-11-10(15-20)7-3-1-2-4-8(7)13(19)12(11)16/h1-4,6,19H,5H2,(H,17,18). The van der Waals surface area contributed by atoms with E-state index in [1.807, 2.05) is 0 Å². The van der Waals surface area contributed by atoms with Crippen molar-refractivity contribution < 1.29 is 15.0 Å². The predicted octanol–water partition coefficient (Wildman–Crippen LogP) is 2.38. The monoisotopic (exact) mass is 271 g/mol. The van der Waals surface area contributed by atoms with Crippen LogP contribution in [0.25, 0.3) is 21.8 Å². The number of imidazole rings is 1. The first kappa shape index (κ1) is 12.1. The summed E-state index contributed by atoms with van der Waals surface area (Å²) in [4.78, 5) is 25.9. The Morgan fingerprint density at radius 3 is 2.65 bits per heavy atom. The van der Waals surface area contributed by atoms with Crippen molar-refractivity contribution in [2.45, 2.75) is 6.54 Å². The van der Waals surface area contributed by atoms with E-state index in [2.05, 4.69) is 10.2 Å². The van der Waals surface area contributed by atoms with Gasteiger partial charge in [-0.3, -0.25) is 4.79 Å². The molecule has 0 bridgehead atoms. The Labute approximate surface area is 112 Å². The van der Waals surface area contributed by atoms with Crippen LogP contribution in [0, 0.1) is 4.91 Å². The lowest BCUT2D eigenvalue weighted by Gasteiger charge is -2.07. The average molecular weight is 271 g/mol. The Hall–Kier alpha value is -2.96. The maximum atomic E-state index is 11.1. The number of carboxylic acids is 1. The number of phenolic OH excluding ortho intramolecular Hbond substituents is 1. The minimum Gasteiger partial charge on any atom is -0.505 e. The van der Waals surface area contributed by atoms with Crippen LogP contribution in [0.4, 0.5) is 5.69 Å². The highest BCUT2D eigenvalue weighted by molar-refractivity contribution is 6.12. The molecule has 0 saturated carbocycles. The summed E-state index contributed by atoms with van der Waals surface area (Å²) in [7, 11) is 0. The fourth-order valence-corrected chi connectivity index (χ4v) is 2.31. The highest BCUT2D eigenvalue weighted by Gasteiger charge is 2.19. The molecule has 0 unspecified atom stereocenters. The van der Waals surface area contributed by atoms with Gasteiger partial charge in [-0.15, -0.1) is 4.91 Å². The molecule has 0 aliphatic carbocycles. The minimum atomic E-state index is -1.07. The molecule has 3 aromatic rings. The summed E-state index contributed by atoms with van der Waals surface area (Å²) >= 11 is 0. The maximum absolute atomic E-state index is 11.1. The van der Waals surface area contributed by atoms with Gasteiger partial charge < -0.3 is 14.8 Å². The van der Waals surface area contributed by atoms with E-state index in [0.29, 0.717) is 10.8 Å². The number of benzene rings is 2. The van der Waals surface area contributed by atoms with E-state index in [1.54, 1.807) is 24.3 Å². The van der Waals surface area contributed by atoms with Gasteiger partial charge in [0.15, 0.2) is 0 Å². The van der Waals surface area contributed by atoms with Gasteiger partial charge >= 0.3 is 5.97 Å². The predicted molar refractivity (Wildman–Crippen MR) is 72.0 cm³/mol. The van der Waals surface area contributed by atoms with Crippen LogP contribution in [0.15, 0.2) is 35.8 Å². The molecule has 1 aromatic heterocycles. The number of nitroso groups, excluding NO2 is 1. The molecule has 0 spiro atoms. The van der Waals surface area contributed by atoms with E-state index in [4.69, 9.17) is 5.11 Å². The highest BCUT2D eigenvalue weighted by Crippen LogP contribution is 2.41. The van der Waals surface area contributed by atoms with E-state index in [0.717, 1.165) is 0 Å². The van der Waals surface area contributed by atoms with Crippen LogP contribution >= 0.6 is 0 Å². The fourth-order valence-electron chi connectivity index (χ4n) is 2.31. The Balaban J connectivity index is 2.48. The molecule has 0 saturated heterocycles. The summed E-state index contributed by atoms with van der Waals surface area (Å²) in [5.41, 5.74) is 0.482. The number of rotatable bonds is 3. The summed E-state index contributed by atoms with van der Waals surface area (Å²) in [6.45, 7) is -0.360. The van der Waals surface area contributed by atoms with Crippen LogP contribution in [0.2, 0.25) is 0 Å². The van der Waals surface area contributed by atoms with E-state index in [1.165, 1.54) is 10.9 Å². The van der Waals surface area contributed by atoms with Crippen molar-refractivity contribution in [1.82, 2.24) is 9.55 Å². The van der Waals surface area contributed by atoms with Gasteiger partial charge in [-0.2, -0.15) is 0 Å². The van der Waals surface area contributed by atoms with E-state index >= 15 is 0 Å². The van der Waals surface area contributed by atoms with Crippen molar-refractivity contribution in [1.29, 1.82) is 0 Å². The molecule has 0 aliphatic rings. The largest absolute Gasteiger partial charge is 0.505 e. The molecule has 0 amide bonds. The highest BCUT2D eigenvalue weighted by atomic mass is 16.4. The third-order valence-electron chi connectivity index (χ3n) is 3.12. The number of hydrogen-bond acceptors (Lipinski definition) is 5. The SMILES string of the molecule is O=Nc1c2ccccc2c(O)c2c1ncn2CC(=O)O. The Bertz CT molecular complexity index is 854. The van der Waals surface area contributed by atoms with Crippen LogP contribution in [-0.2, 0) is 11.3 Å². The lowest BCUT2D eigenvalue weighted by molar-refractivity contribution is -0.137. The fraction of sp³-hybridized carbons (Fsp3) is 0.0769. The molecule has 1 heterocycles. The number of aromatic hydroxyl groups is 1. The van der Waals surface area contributed by atoms with Gasteiger partial charge in [-0.05, 0) is 5.18 Å². The van der Waals surface area contributed by atoms with Crippen LogP contribution in [0.5, 0.6) is 5.75 Å². The summed E-state index contributed by atoms with van der Waals surface area (Å²) in [5, 5.41) is 23.1. The number of carbonyl (C=O) groups is 1. The quantitative estimate of drug-likeness (QED) is 0.711. The molecule has 0 aliphatic heterocycles. The van der Waals surface area contributed by atoms with E-state index in [9.17, 15) is 14.8 Å². The molecule has 7 nitrogen and oxygen atoms in total. The number of aromatic nitrogens is 2. The third kappa shape index (κ3) is 1.60. The van der Waals surface area contributed by atoms with Crippen molar-refractivity contribution in [3.8, 4) is 5.75 Å². The number of fused-ring (bicyclic) bond motifs is 2. The smallest absolute Gasteiger partial charge is 0.323 e. The van der Waals surface area contributed by atoms with Crippen molar-refractivity contribution in [3.05, 3.63) is 35.5 Å². The third-order valence-corrected chi connectivity index (χ3v) is 3.12. The van der Waals surface area contributed by atoms with Crippen LogP contribution in [-0.4, -0.2) is 25.7 Å². The maximum Gasteiger partial charge on any atom is 0.323 e. The summed E-state index contributed by atoms with van der Waals surface area (Å²) in [6.07, 6.45) is 1.27. The molecule has 20 heavy (non-hydrogen) atoms. The topological polar surface area (TPSA) is 105 Å². The Morgan fingerprint density at radius 2 is 2.00 bits per heavy atom. The molecule has 2 N–H and O–H groups in total. The first-order valence-electron chi connectivity index (χ1n) is 5.77. The Kier molecular flexibility index (Phi) is 2.60. The molecule has 0 atom stereocenters. The van der Waals surface area contributed by atoms with Gasteiger partial charge in [0, 0.05) is 10.8 Å². The molecule has 0 fully saturated rings. The van der Waals surface area contributed by atoms with Gasteiger partial charge in [0.25, 0.3) is 0 Å². The van der Waals surface area contributed by atoms with Crippen molar-refractivity contribution in [2.75, 3.05) is 0 Å². The normalized spacial score (nSPS) is 11.0. The van der Waals surface area contributed by atoms with Crippen molar-refractivity contribution in [3.63, 3.8) is 0 Å². The molecule has 3 rings (SSSR count). The van der Waals surface area contributed by atoms with Gasteiger partial charge in [-0.1, -0.05) is 24.3 Å². The van der Waals surface area contributed by atoms with Gasteiger partial charge in [0.05, 0.1) is 6.33 Å². The zero-order valence-corrected chi connectivity index (χ0v) is 10.1. The molecule has 7 heteroatoms. The van der Waals surface area contributed by atoms with Crippen molar-refractivity contribution in [2.24, 2.45) is 5.18 Å². The van der Waals surface area contributed by atoms with E-state index < -0.39 is 5.97 Å². The molecular formula is C13H9N3O4. The molecule has 100 valence electrons. The summed E-state index contributed by atoms with van der Waals surface area (Å²) in [6, 6.07) is 6.72. The zero-order valence-electron chi connectivity index (χ0n) is 10.1. The summed E-state index contributed by atoms with van der Waals surface area (Å²) < 4.78 is 1.27. The van der Waals surface area contributed by atoms with E-state index in [-0.39, 0.29) is 29.0 Å². The lowest BCUT2D eigenvalue weighted by atomic mass is 10.1. The first-order valence-corrected chi connectivity index (χ1v) is 5.77. The second kappa shape index (κ2) is 4.30. The van der Waals surface area contributed by atoms with Crippen molar-refractivity contribution >= 4 is 33.5 Å². The van der Waals surface area contributed by atoms with Gasteiger partial charge in [0.2, 0.25) is 0 Å². The Morgan fingerprint density at radius 1 is 1.30 bits per heavy atom. The molecule has 0 radical (unpaired) electrons. The number of carboxylic acid groups (broad SMARTS) is 1. The van der Waals surface area contributed by atoms with Gasteiger partial charge in [-0.25, -0.2) is 4.98 Å². The zero-order chi connectivity index (χ0) is 14.3. The minimum absolute atomic E-state index is 0.0949. The summed E-state index contributed by atoms with van der Waals surface area (Å²) in [5.74, 6) is -1.18. The number of nitrogens with zero attached hydrogens (tertiary/aromatic N) is 3. The van der Waals surface area contributed by atoms with Gasteiger partial charge in [0.1, 0.15) is 29.0 Å². The molecular weight excluding hydrogens is 262 g/mol. The first-order chi connectivity index (χ1) is 9.63. The second-order valence-corrected chi connectivity index (χ2v) is 4.30. The lowest BCUT2D eigenvalue weighted by Crippen LogP contribution is -2.07. The second-order valence-electron chi connectivity index (χ2n) is 4.30. The molecule has 2 aromatic carbocycles. The van der Waals surface area contributed by atoms with Crippen LogP contribution in [0.3, 0.4) is 0 Å². The average Bonchev–Trinajstić information content (AvgIpc) is 2.83. The number of phenols is 1. The number of aliphatic carboxylic acids is 1. The van der Waals surface area contributed by atoms with Crippen LogP contribution in [0.1, 0.15) is 0 Å². The van der Waals surface area contributed by atoms with Crippen LogP contribution < -0.4 is 0 Å².